The van der Waals surface area contributed by atoms with E-state index in [-0.39, 0.29) is 12.3 Å². The molecule has 0 saturated carbocycles. The van der Waals surface area contributed by atoms with Gasteiger partial charge in [-0.1, -0.05) is 6.07 Å². The van der Waals surface area contributed by atoms with Crippen LogP contribution >= 0.6 is 0 Å². The molecule has 4 nitrogen and oxygen atoms in total. The molecule has 1 aliphatic rings. The molecule has 0 unspecified atom stereocenters. The number of rotatable bonds is 0. The third-order valence-electron chi connectivity index (χ3n) is 2.23. The van der Waals surface area contributed by atoms with Gasteiger partial charge in [-0.15, -0.1) is 0 Å². The summed E-state index contributed by atoms with van der Waals surface area (Å²) in [4.78, 5) is 22.0. The molecule has 0 fully saturated rings. The summed E-state index contributed by atoms with van der Waals surface area (Å²) in [6, 6.07) is 2.80. The van der Waals surface area contributed by atoms with Crippen molar-refractivity contribution < 1.29 is 27.5 Å². The lowest BCUT2D eigenvalue weighted by molar-refractivity contribution is -0.153. The van der Waals surface area contributed by atoms with Gasteiger partial charge in [-0.05, 0) is 12.1 Å². The fourth-order valence-electron chi connectivity index (χ4n) is 1.38. The van der Waals surface area contributed by atoms with E-state index in [0.717, 1.165) is 18.2 Å². The van der Waals surface area contributed by atoms with Crippen molar-refractivity contribution in [3.05, 3.63) is 29.3 Å². The zero-order valence-corrected chi connectivity index (χ0v) is 8.30. The minimum Gasteiger partial charge on any atom is -0.454 e. The second-order valence-electron chi connectivity index (χ2n) is 3.40. The van der Waals surface area contributed by atoms with Crippen molar-refractivity contribution in [1.82, 2.24) is 0 Å². The van der Waals surface area contributed by atoms with E-state index in [4.69, 9.17) is 0 Å². The van der Waals surface area contributed by atoms with E-state index < -0.39 is 23.6 Å². The number of nitrogens with one attached hydrogen (secondary N) is 1. The van der Waals surface area contributed by atoms with Crippen LogP contribution in [0.2, 0.25) is 0 Å². The summed E-state index contributed by atoms with van der Waals surface area (Å²) in [6.07, 6.45) is -4.50. The average Bonchev–Trinajstić information content (AvgIpc) is 2.37. The predicted octanol–water partition coefficient (Wildman–Crippen LogP) is 1.70. The summed E-state index contributed by atoms with van der Waals surface area (Å²) >= 11 is 0. The van der Waals surface area contributed by atoms with Gasteiger partial charge >= 0.3 is 18.1 Å². The lowest BCUT2D eigenvalue weighted by Crippen LogP contribution is -2.22. The predicted molar refractivity (Wildman–Crippen MR) is 49.9 cm³/mol. The van der Waals surface area contributed by atoms with Gasteiger partial charge in [-0.3, -0.25) is 4.79 Å². The molecule has 1 aromatic carbocycles. The Morgan fingerprint density at radius 1 is 1.24 bits per heavy atom. The third-order valence-corrected chi connectivity index (χ3v) is 2.23. The van der Waals surface area contributed by atoms with Crippen LogP contribution in [0.15, 0.2) is 18.2 Å². The van der Waals surface area contributed by atoms with Gasteiger partial charge in [0, 0.05) is 11.3 Å². The first-order chi connectivity index (χ1) is 7.88. The van der Waals surface area contributed by atoms with Crippen molar-refractivity contribution in [3.63, 3.8) is 0 Å². The molecular formula is C10H6F3NO3. The third kappa shape index (κ3) is 2.22. The zero-order valence-electron chi connectivity index (χ0n) is 8.30. The number of esters is 1. The maximum atomic E-state index is 12.4. The van der Waals surface area contributed by atoms with Crippen LogP contribution < -0.4 is 5.32 Å². The molecule has 2 rings (SSSR count). The lowest BCUT2D eigenvalue weighted by Gasteiger charge is -2.10. The fourth-order valence-corrected chi connectivity index (χ4v) is 1.38. The summed E-state index contributed by atoms with van der Waals surface area (Å²) in [5.74, 6) is -2.20. The largest absolute Gasteiger partial charge is 0.454 e. The van der Waals surface area contributed by atoms with Crippen molar-refractivity contribution in [2.75, 3.05) is 5.32 Å². The second kappa shape index (κ2) is 3.76. The Hall–Kier alpha value is -2.05. The maximum Gasteiger partial charge on any atom is 0.416 e. The minimum atomic E-state index is -4.50. The molecule has 17 heavy (non-hydrogen) atoms. The van der Waals surface area contributed by atoms with Gasteiger partial charge in [0.15, 0.2) is 0 Å². The summed E-state index contributed by atoms with van der Waals surface area (Å²) in [5.41, 5.74) is -0.640. The number of carbonyl (C=O) groups is 2. The Morgan fingerprint density at radius 3 is 2.59 bits per heavy atom. The highest BCUT2D eigenvalue weighted by Gasteiger charge is 2.32. The highest BCUT2D eigenvalue weighted by molar-refractivity contribution is 6.37. The summed E-state index contributed by atoms with van der Waals surface area (Å²) in [7, 11) is 0. The van der Waals surface area contributed by atoms with Gasteiger partial charge < -0.3 is 10.1 Å². The maximum absolute atomic E-state index is 12.4. The Balaban J connectivity index is 2.43. The number of anilines is 1. The first-order valence-electron chi connectivity index (χ1n) is 4.56. The molecule has 0 spiro atoms. The highest BCUT2D eigenvalue weighted by Crippen LogP contribution is 2.32. The number of amides is 1. The smallest absolute Gasteiger partial charge is 0.416 e. The van der Waals surface area contributed by atoms with Crippen LogP contribution in [0.5, 0.6) is 0 Å². The molecule has 0 aliphatic carbocycles. The Kier molecular flexibility index (Phi) is 2.53. The SMILES string of the molecule is O=C1Nc2cc(C(F)(F)F)ccc2COC1=O. The van der Waals surface area contributed by atoms with E-state index >= 15 is 0 Å². The Labute approximate surface area is 93.4 Å². The zero-order chi connectivity index (χ0) is 12.6. The molecule has 0 saturated heterocycles. The number of ether oxygens (including phenoxy) is 1. The normalized spacial score (nSPS) is 15.7. The molecule has 0 bridgehead atoms. The molecule has 90 valence electrons. The molecule has 0 radical (unpaired) electrons. The van der Waals surface area contributed by atoms with Gasteiger partial charge in [0.1, 0.15) is 6.61 Å². The number of halogens is 3. The minimum absolute atomic E-state index is 0.0596. The summed E-state index contributed by atoms with van der Waals surface area (Å²) in [5, 5.41) is 2.07. The van der Waals surface area contributed by atoms with Crippen LogP contribution in [-0.2, 0) is 27.1 Å². The van der Waals surface area contributed by atoms with Gasteiger partial charge in [0.25, 0.3) is 0 Å². The molecular weight excluding hydrogens is 239 g/mol. The van der Waals surface area contributed by atoms with Crippen molar-refractivity contribution >= 4 is 17.6 Å². The van der Waals surface area contributed by atoms with E-state index in [1.807, 2.05) is 0 Å². The molecule has 1 aliphatic heterocycles. The lowest BCUT2D eigenvalue weighted by atomic mass is 10.1. The summed E-state index contributed by atoms with van der Waals surface area (Å²) in [6.45, 7) is -0.231. The van der Waals surface area contributed by atoms with Crippen LogP contribution in [0.3, 0.4) is 0 Å². The van der Waals surface area contributed by atoms with Crippen LogP contribution in [-0.4, -0.2) is 11.9 Å². The topological polar surface area (TPSA) is 55.4 Å². The molecule has 1 N–H and O–H groups in total. The van der Waals surface area contributed by atoms with E-state index in [1.54, 1.807) is 0 Å². The first-order valence-corrected chi connectivity index (χ1v) is 4.56. The van der Waals surface area contributed by atoms with Gasteiger partial charge in [0.2, 0.25) is 0 Å². The number of fused-ring (bicyclic) bond motifs is 1. The van der Waals surface area contributed by atoms with E-state index in [9.17, 15) is 22.8 Å². The van der Waals surface area contributed by atoms with Crippen LogP contribution in [0, 0.1) is 0 Å². The number of cyclic esters (lactones) is 1. The van der Waals surface area contributed by atoms with Gasteiger partial charge in [-0.2, -0.15) is 13.2 Å². The molecule has 1 aromatic rings. The molecule has 7 heteroatoms. The van der Waals surface area contributed by atoms with Crippen molar-refractivity contribution in [2.24, 2.45) is 0 Å². The number of carbonyl (C=O) groups excluding carboxylic acids is 2. The standard InChI is InChI=1S/C10H6F3NO3/c11-10(12,13)6-2-1-5-4-17-9(16)8(15)14-7(5)3-6/h1-3H,4H2,(H,14,15). The summed E-state index contributed by atoms with van der Waals surface area (Å²) < 4.78 is 41.8. The second-order valence-corrected chi connectivity index (χ2v) is 3.40. The van der Waals surface area contributed by atoms with Crippen molar-refractivity contribution in [1.29, 1.82) is 0 Å². The van der Waals surface area contributed by atoms with Crippen LogP contribution in [0.1, 0.15) is 11.1 Å². The van der Waals surface area contributed by atoms with Gasteiger partial charge in [0.05, 0.1) is 5.56 Å². The van der Waals surface area contributed by atoms with Crippen LogP contribution in [0.25, 0.3) is 0 Å². The Bertz CT molecular complexity index is 496. The average molecular weight is 245 g/mol. The van der Waals surface area contributed by atoms with Crippen molar-refractivity contribution in [3.8, 4) is 0 Å². The first kappa shape index (κ1) is 11.4. The highest BCUT2D eigenvalue weighted by atomic mass is 19.4. The van der Waals surface area contributed by atoms with Crippen molar-refractivity contribution in [2.45, 2.75) is 12.8 Å². The Morgan fingerprint density at radius 2 is 1.94 bits per heavy atom. The van der Waals surface area contributed by atoms with E-state index in [1.165, 1.54) is 0 Å². The number of benzene rings is 1. The molecule has 0 aromatic heterocycles. The number of hydrogen-bond acceptors (Lipinski definition) is 3. The molecule has 1 heterocycles. The monoisotopic (exact) mass is 245 g/mol. The quantitative estimate of drug-likeness (QED) is 0.559. The fraction of sp³-hybridized carbons (Fsp3) is 0.200. The van der Waals surface area contributed by atoms with E-state index in [2.05, 4.69) is 10.1 Å². The van der Waals surface area contributed by atoms with Gasteiger partial charge in [-0.25, -0.2) is 4.79 Å². The number of hydrogen-bond donors (Lipinski definition) is 1. The van der Waals surface area contributed by atoms with Crippen LogP contribution in [0.4, 0.5) is 18.9 Å². The molecule has 1 amide bonds. The number of alkyl halides is 3. The molecule has 0 atom stereocenters. The van der Waals surface area contributed by atoms with E-state index in [0.29, 0.717) is 5.56 Å².